The Morgan fingerprint density at radius 3 is 2.37 bits per heavy atom. The molecule has 1 aliphatic heterocycles. The average molecular weight is 957 g/mol. The minimum Gasteiger partial charge on any atom is -0.669 e. The van der Waals surface area contributed by atoms with Gasteiger partial charge in [-0.15, -0.1) is 41.6 Å². The van der Waals surface area contributed by atoms with Crippen molar-refractivity contribution < 1.29 is 46.9 Å². The molecule has 230 valence electrons. The van der Waals surface area contributed by atoms with E-state index in [0.29, 0.717) is 22.8 Å². The van der Waals surface area contributed by atoms with Gasteiger partial charge >= 0.3 is 21.1 Å². The molecule has 8 heteroatoms. The van der Waals surface area contributed by atoms with Crippen LogP contribution < -0.4 is 9.64 Å². The third kappa shape index (κ3) is 8.52. The Bertz CT molecular complexity index is 1920. The molecule has 0 atom stereocenters. The summed E-state index contributed by atoms with van der Waals surface area (Å²) in [5, 5.41) is 0. The molecular formula is C38H24N5OPt2-3. The summed E-state index contributed by atoms with van der Waals surface area (Å²) in [6.07, 6.45) is 19.4. The molecule has 0 aliphatic carbocycles. The van der Waals surface area contributed by atoms with Gasteiger partial charge in [0.25, 0.3) is 0 Å². The van der Waals surface area contributed by atoms with E-state index < -0.39 is 0 Å². The van der Waals surface area contributed by atoms with Crippen LogP contribution in [-0.2, 0) is 42.1 Å². The maximum Gasteiger partial charge on any atom is 4.00 e. The van der Waals surface area contributed by atoms with E-state index >= 15 is 0 Å². The standard InChI is InChI=1S/C32H20N4O.C6H4N.2Pt/c1-35-18-19-36(23-35)27-7-5-9-29(22-27)37-28-8-4-6-26(20-28)32-21-25(14-17-34-32)31-11-3-2-10-30(31)24-12-15-33-16-13-24;1-2-7-5-3-4-6-7;;/h2-5,7-10,12-19,23H,1H3;3-6H;;/q-6;-1;;+4. The van der Waals surface area contributed by atoms with Crippen molar-refractivity contribution in [3.8, 4) is 51.1 Å². The average Bonchev–Trinajstić information content (AvgIpc) is 3.78. The van der Waals surface area contributed by atoms with Crippen LogP contribution in [0, 0.1) is 49.5 Å². The fourth-order valence-corrected chi connectivity index (χ4v) is 4.45. The smallest absolute Gasteiger partial charge is 0.669 e. The van der Waals surface area contributed by atoms with Gasteiger partial charge < -0.3 is 42.1 Å². The number of anilines is 1. The van der Waals surface area contributed by atoms with E-state index in [1.165, 1.54) is 0 Å². The summed E-state index contributed by atoms with van der Waals surface area (Å²) >= 11 is 0. The van der Waals surface area contributed by atoms with Crippen LogP contribution in [0.2, 0.25) is 0 Å². The molecule has 0 unspecified atom stereocenters. The van der Waals surface area contributed by atoms with E-state index in [9.17, 15) is 0 Å². The normalized spacial score (nSPS) is 11.4. The van der Waals surface area contributed by atoms with Crippen molar-refractivity contribution in [1.29, 1.82) is 0 Å². The number of hydrogen-bond donors (Lipinski definition) is 0. The molecular weight excluding hydrogens is 933 g/mol. The zero-order chi connectivity index (χ0) is 30.1. The second-order valence-corrected chi connectivity index (χ2v) is 9.56. The van der Waals surface area contributed by atoms with Gasteiger partial charge in [-0.3, -0.25) is 17.1 Å². The number of aromatic nitrogens is 3. The Kier molecular flexibility index (Phi) is 12.3. The van der Waals surface area contributed by atoms with Crippen molar-refractivity contribution in [1.82, 2.24) is 19.4 Å². The number of nitrogens with zero attached hydrogens (tertiary/aromatic N) is 5. The molecule has 0 radical (unpaired) electrons. The number of benzene rings is 3. The van der Waals surface area contributed by atoms with E-state index in [0.717, 1.165) is 27.9 Å². The van der Waals surface area contributed by atoms with Crippen LogP contribution in [0.3, 0.4) is 0 Å². The van der Waals surface area contributed by atoms with Crippen LogP contribution in [0.4, 0.5) is 5.69 Å². The predicted octanol–water partition coefficient (Wildman–Crippen LogP) is 7.49. The Morgan fingerprint density at radius 2 is 1.63 bits per heavy atom. The van der Waals surface area contributed by atoms with Crippen molar-refractivity contribution in [2.24, 2.45) is 0 Å². The fraction of sp³-hybridized carbons (Fsp3) is 0.0263. The molecule has 0 saturated carbocycles. The largest absolute Gasteiger partial charge is 4.00 e. The molecule has 3 aromatic carbocycles. The second kappa shape index (κ2) is 16.6. The van der Waals surface area contributed by atoms with E-state index in [2.05, 4.69) is 52.4 Å². The molecule has 3 aromatic heterocycles. The molecule has 0 spiro atoms. The van der Waals surface area contributed by atoms with Crippen molar-refractivity contribution in [3.63, 3.8) is 0 Å². The first-order valence-corrected chi connectivity index (χ1v) is 13.7. The van der Waals surface area contributed by atoms with Gasteiger partial charge in [0.05, 0.1) is 0 Å². The van der Waals surface area contributed by atoms with Gasteiger partial charge in [0.1, 0.15) is 0 Å². The summed E-state index contributed by atoms with van der Waals surface area (Å²) in [6.45, 7) is 1.97. The Labute approximate surface area is 298 Å². The fourth-order valence-electron chi connectivity index (χ4n) is 4.45. The van der Waals surface area contributed by atoms with Gasteiger partial charge in [0.15, 0.2) is 0 Å². The van der Waals surface area contributed by atoms with E-state index in [1.54, 1.807) is 41.6 Å². The van der Waals surface area contributed by atoms with Crippen LogP contribution >= 0.6 is 0 Å². The summed E-state index contributed by atoms with van der Waals surface area (Å²) in [4.78, 5) is 12.6. The SMILES string of the molecule is CN1C=CN(c2[c-]c(Oc3[c-]c(-c4[c-]c(-c5[c-]cccc5-c5ccncc5)ccn4)[c-]cc3)ccc2)[CH-]1.[C-]#Cn1cccc1.[Pt+4].[Pt]. The molecule has 4 heterocycles. The minimum absolute atomic E-state index is 0. The first-order valence-electron chi connectivity index (χ1n) is 13.7. The summed E-state index contributed by atoms with van der Waals surface area (Å²) < 4.78 is 7.64. The second-order valence-electron chi connectivity index (χ2n) is 9.56. The van der Waals surface area contributed by atoms with E-state index in [4.69, 9.17) is 11.2 Å². The molecule has 0 fully saturated rings. The van der Waals surface area contributed by atoms with Gasteiger partial charge in [-0.2, -0.15) is 42.7 Å². The van der Waals surface area contributed by atoms with Gasteiger partial charge in [-0.05, 0) is 49.9 Å². The molecule has 0 amide bonds. The topological polar surface area (TPSA) is 46.4 Å². The van der Waals surface area contributed by atoms with Crippen LogP contribution in [0.25, 0.3) is 33.5 Å². The van der Waals surface area contributed by atoms with Crippen LogP contribution in [-0.4, -0.2) is 26.5 Å². The van der Waals surface area contributed by atoms with Crippen molar-refractivity contribution in [2.75, 3.05) is 11.9 Å². The number of ether oxygens (including phenoxy) is 1. The van der Waals surface area contributed by atoms with Gasteiger partial charge in [-0.25, -0.2) is 23.2 Å². The van der Waals surface area contributed by atoms with Gasteiger partial charge in [0, 0.05) is 51.6 Å². The molecule has 6 aromatic rings. The minimum atomic E-state index is 0. The molecule has 6 nitrogen and oxygen atoms in total. The third-order valence-corrected chi connectivity index (χ3v) is 6.52. The zero-order valence-electron chi connectivity index (χ0n) is 24.4. The molecule has 1 aliphatic rings. The van der Waals surface area contributed by atoms with Crippen molar-refractivity contribution >= 4 is 5.69 Å². The summed E-state index contributed by atoms with van der Waals surface area (Å²) in [7, 11) is 1.98. The molecule has 46 heavy (non-hydrogen) atoms. The summed E-state index contributed by atoms with van der Waals surface area (Å²) in [6, 6.07) is 43.7. The quantitative estimate of drug-likeness (QED) is 0.128. The third-order valence-electron chi connectivity index (χ3n) is 6.52. The Morgan fingerprint density at radius 1 is 0.826 bits per heavy atom. The molecule has 7 rings (SSSR count). The predicted molar refractivity (Wildman–Crippen MR) is 170 cm³/mol. The maximum absolute atomic E-state index is 6.57. The van der Waals surface area contributed by atoms with E-state index in [1.807, 2.05) is 103 Å². The van der Waals surface area contributed by atoms with Crippen molar-refractivity contribution in [2.45, 2.75) is 0 Å². The summed E-state index contributed by atoms with van der Waals surface area (Å²) in [5.41, 5.74) is 6.10. The van der Waals surface area contributed by atoms with E-state index in [-0.39, 0.29) is 42.1 Å². The molecule has 0 N–H and O–H groups in total. The monoisotopic (exact) mass is 956 g/mol. The molecule has 0 saturated heterocycles. The van der Waals surface area contributed by atoms with Crippen LogP contribution in [0.5, 0.6) is 11.5 Å². The van der Waals surface area contributed by atoms with Crippen LogP contribution in [0.15, 0.2) is 122 Å². The van der Waals surface area contributed by atoms with Gasteiger partial charge in [-0.1, -0.05) is 11.3 Å². The molecule has 0 bridgehead atoms. The van der Waals surface area contributed by atoms with Gasteiger partial charge in [0.2, 0.25) is 0 Å². The zero-order valence-corrected chi connectivity index (χ0v) is 28.9. The Hall–Kier alpha value is -4.68. The first-order chi connectivity index (χ1) is 21.7. The number of pyridine rings is 2. The Balaban J connectivity index is 0.000000475. The van der Waals surface area contributed by atoms with Crippen LogP contribution in [0.1, 0.15) is 0 Å². The summed E-state index contributed by atoms with van der Waals surface area (Å²) in [5.74, 6) is 1.14. The number of hydrogen-bond acceptors (Lipinski definition) is 5. The van der Waals surface area contributed by atoms with Crippen molar-refractivity contribution in [3.05, 3.63) is 166 Å². The first kappa shape index (κ1) is 34.2. The maximum atomic E-state index is 6.57. The number of rotatable bonds is 6.